The number of carboxylic acids is 1. The Morgan fingerprint density at radius 3 is 2.42 bits per heavy atom. The second-order valence-electron chi connectivity index (χ2n) is 4.12. The third-order valence-electron chi connectivity index (χ3n) is 2.82. The van der Waals surface area contributed by atoms with E-state index in [0.29, 0.717) is 29.2 Å². The fourth-order valence-electron chi connectivity index (χ4n) is 1.89. The van der Waals surface area contributed by atoms with Gasteiger partial charge >= 0.3 is 5.97 Å². The Bertz CT molecular complexity index is 624. The molecule has 2 rings (SSSR count). The van der Waals surface area contributed by atoms with E-state index in [2.05, 4.69) is 9.97 Å². The fourth-order valence-corrected chi connectivity index (χ4v) is 1.89. The molecule has 98 valence electrons. The van der Waals surface area contributed by atoms with Crippen LogP contribution in [-0.2, 0) is 6.42 Å². The Morgan fingerprint density at radius 2 is 1.89 bits per heavy atom. The number of hydrogen-bond acceptors (Lipinski definition) is 3. The number of carboxylic acid groups (broad SMARTS) is 1. The van der Waals surface area contributed by atoms with Gasteiger partial charge in [0.15, 0.2) is 5.82 Å². The smallest absolute Gasteiger partial charge is 0.339 e. The molecule has 0 aliphatic heterocycles. The summed E-state index contributed by atoms with van der Waals surface area (Å²) in [5.41, 5.74) is 1.71. The summed E-state index contributed by atoms with van der Waals surface area (Å²) in [6, 6.07) is 5.80. The van der Waals surface area contributed by atoms with E-state index in [1.54, 1.807) is 19.1 Å². The number of aryl methyl sites for hydroxylation is 2. The van der Waals surface area contributed by atoms with Crippen molar-refractivity contribution >= 4 is 5.97 Å². The zero-order chi connectivity index (χ0) is 14.0. The van der Waals surface area contributed by atoms with Gasteiger partial charge in [0.25, 0.3) is 0 Å². The number of aromatic carboxylic acids is 1. The summed E-state index contributed by atoms with van der Waals surface area (Å²) in [7, 11) is 0. The van der Waals surface area contributed by atoms with Gasteiger partial charge < -0.3 is 5.11 Å². The van der Waals surface area contributed by atoms with E-state index in [1.165, 1.54) is 12.1 Å². The predicted octanol–water partition coefficient (Wildman–Crippen LogP) is 2.85. The van der Waals surface area contributed by atoms with Gasteiger partial charge in [0.2, 0.25) is 0 Å². The number of carbonyl (C=O) groups is 1. The molecule has 0 aliphatic rings. The second-order valence-corrected chi connectivity index (χ2v) is 4.12. The highest BCUT2D eigenvalue weighted by molar-refractivity contribution is 5.90. The molecule has 0 unspecified atom stereocenters. The maximum atomic E-state index is 12.9. The van der Waals surface area contributed by atoms with Gasteiger partial charge in [-0.15, -0.1) is 0 Å². The van der Waals surface area contributed by atoms with E-state index in [0.717, 1.165) is 0 Å². The van der Waals surface area contributed by atoms with Crippen LogP contribution < -0.4 is 0 Å². The molecule has 0 fully saturated rings. The molecular weight excluding hydrogens is 247 g/mol. The number of aromatic nitrogens is 2. The minimum atomic E-state index is -1.03. The van der Waals surface area contributed by atoms with Crippen molar-refractivity contribution in [2.24, 2.45) is 0 Å². The Hall–Kier alpha value is -2.30. The summed E-state index contributed by atoms with van der Waals surface area (Å²) in [6.45, 7) is 3.47. The van der Waals surface area contributed by atoms with Gasteiger partial charge in [-0.2, -0.15) is 0 Å². The summed E-state index contributed by atoms with van der Waals surface area (Å²) in [6.07, 6.45) is 0.499. The summed E-state index contributed by atoms with van der Waals surface area (Å²) in [5.74, 6) is -0.947. The van der Waals surface area contributed by atoms with Crippen LogP contribution in [-0.4, -0.2) is 21.0 Å². The van der Waals surface area contributed by atoms with E-state index in [-0.39, 0.29) is 11.4 Å². The van der Waals surface area contributed by atoms with Crippen molar-refractivity contribution in [3.05, 3.63) is 47.0 Å². The lowest BCUT2D eigenvalue weighted by Gasteiger charge is -2.09. The van der Waals surface area contributed by atoms with Crippen LogP contribution in [0.4, 0.5) is 4.39 Å². The molecule has 0 aliphatic carbocycles. The first-order valence-corrected chi connectivity index (χ1v) is 5.89. The van der Waals surface area contributed by atoms with Crippen molar-refractivity contribution in [2.75, 3.05) is 0 Å². The van der Waals surface area contributed by atoms with Crippen molar-refractivity contribution in [3.63, 3.8) is 0 Å². The van der Waals surface area contributed by atoms with Crippen LogP contribution in [0.25, 0.3) is 11.4 Å². The molecule has 0 spiro atoms. The highest BCUT2D eigenvalue weighted by atomic mass is 19.1. The highest BCUT2D eigenvalue weighted by Crippen LogP contribution is 2.20. The van der Waals surface area contributed by atoms with Gasteiger partial charge in [0.1, 0.15) is 11.4 Å². The van der Waals surface area contributed by atoms with Gasteiger partial charge in [-0.1, -0.05) is 6.92 Å². The lowest BCUT2D eigenvalue weighted by atomic mass is 10.1. The van der Waals surface area contributed by atoms with Crippen LogP contribution in [0.1, 0.15) is 28.7 Å². The minimum Gasteiger partial charge on any atom is -0.478 e. The normalized spacial score (nSPS) is 10.5. The molecule has 4 nitrogen and oxygen atoms in total. The molecule has 0 bridgehead atoms. The number of nitrogens with zero attached hydrogens (tertiary/aromatic N) is 2. The first kappa shape index (κ1) is 13.1. The SMILES string of the molecule is CCc1nc(-c2ccc(F)cc2)nc(C)c1C(=O)O. The lowest BCUT2D eigenvalue weighted by molar-refractivity contribution is 0.0694. The molecule has 1 aromatic carbocycles. The van der Waals surface area contributed by atoms with Crippen molar-refractivity contribution in [3.8, 4) is 11.4 Å². The Kier molecular flexibility index (Phi) is 3.55. The number of rotatable bonds is 3. The fraction of sp³-hybridized carbons (Fsp3) is 0.214. The molecule has 0 saturated carbocycles. The third kappa shape index (κ3) is 2.59. The van der Waals surface area contributed by atoms with E-state index in [9.17, 15) is 9.18 Å². The van der Waals surface area contributed by atoms with Gasteiger partial charge in [-0.3, -0.25) is 0 Å². The molecule has 5 heteroatoms. The van der Waals surface area contributed by atoms with Crippen molar-refractivity contribution in [1.29, 1.82) is 0 Å². The summed E-state index contributed by atoms with van der Waals surface area (Å²) < 4.78 is 12.9. The highest BCUT2D eigenvalue weighted by Gasteiger charge is 2.17. The molecule has 0 saturated heterocycles. The zero-order valence-electron chi connectivity index (χ0n) is 10.6. The maximum absolute atomic E-state index is 12.9. The summed E-state index contributed by atoms with van der Waals surface area (Å²) in [4.78, 5) is 19.6. The van der Waals surface area contributed by atoms with E-state index < -0.39 is 5.97 Å². The molecule has 19 heavy (non-hydrogen) atoms. The van der Waals surface area contributed by atoms with Gasteiger partial charge in [0, 0.05) is 5.56 Å². The van der Waals surface area contributed by atoms with Crippen LogP contribution in [0, 0.1) is 12.7 Å². The van der Waals surface area contributed by atoms with E-state index in [4.69, 9.17) is 5.11 Å². The van der Waals surface area contributed by atoms with E-state index in [1.807, 2.05) is 6.92 Å². The second kappa shape index (κ2) is 5.14. The monoisotopic (exact) mass is 260 g/mol. The first-order valence-electron chi connectivity index (χ1n) is 5.89. The van der Waals surface area contributed by atoms with Crippen LogP contribution in [0.5, 0.6) is 0 Å². The summed E-state index contributed by atoms with van der Waals surface area (Å²) >= 11 is 0. The van der Waals surface area contributed by atoms with Crippen molar-refractivity contribution in [1.82, 2.24) is 9.97 Å². The molecule has 1 aromatic heterocycles. The molecule has 0 radical (unpaired) electrons. The lowest BCUT2D eigenvalue weighted by Crippen LogP contribution is -2.10. The van der Waals surface area contributed by atoms with Gasteiger partial charge in [-0.05, 0) is 37.6 Å². The average molecular weight is 260 g/mol. The molecule has 1 N–H and O–H groups in total. The summed E-state index contributed by atoms with van der Waals surface area (Å²) in [5, 5.41) is 9.15. The molecular formula is C14H13FN2O2. The standard InChI is InChI=1S/C14H13FN2O2/c1-3-11-12(14(18)19)8(2)16-13(17-11)9-4-6-10(15)7-5-9/h4-7H,3H2,1-2H3,(H,18,19). The maximum Gasteiger partial charge on any atom is 0.339 e. The Labute approximate surface area is 110 Å². The van der Waals surface area contributed by atoms with Crippen LogP contribution in [0.2, 0.25) is 0 Å². The minimum absolute atomic E-state index is 0.147. The van der Waals surface area contributed by atoms with Gasteiger partial charge in [-0.25, -0.2) is 19.2 Å². The number of halogens is 1. The quantitative estimate of drug-likeness (QED) is 0.921. The molecule has 0 atom stereocenters. The Balaban J connectivity index is 2.57. The topological polar surface area (TPSA) is 63.1 Å². The molecule has 2 aromatic rings. The largest absolute Gasteiger partial charge is 0.478 e. The van der Waals surface area contributed by atoms with Crippen LogP contribution >= 0.6 is 0 Å². The first-order chi connectivity index (χ1) is 9.02. The number of hydrogen-bond donors (Lipinski definition) is 1. The van der Waals surface area contributed by atoms with Crippen LogP contribution in [0.15, 0.2) is 24.3 Å². The van der Waals surface area contributed by atoms with E-state index >= 15 is 0 Å². The predicted molar refractivity (Wildman–Crippen MR) is 68.5 cm³/mol. The van der Waals surface area contributed by atoms with Gasteiger partial charge in [0.05, 0.1) is 11.4 Å². The molecule has 1 heterocycles. The average Bonchev–Trinajstić information content (AvgIpc) is 2.38. The van der Waals surface area contributed by atoms with Crippen LogP contribution in [0.3, 0.4) is 0 Å². The molecule has 0 amide bonds. The number of benzene rings is 1. The zero-order valence-corrected chi connectivity index (χ0v) is 10.6. The third-order valence-corrected chi connectivity index (χ3v) is 2.82. The van der Waals surface area contributed by atoms with Crippen molar-refractivity contribution < 1.29 is 14.3 Å². The van der Waals surface area contributed by atoms with Crippen molar-refractivity contribution in [2.45, 2.75) is 20.3 Å². The Morgan fingerprint density at radius 1 is 1.26 bits per heavy atom.